The largest absolute Gasteiger partial charge is 0.491 e. The van der Waals surface area contributed by atoms with Crippen LogP contribution in [0.5, 0.6) is 5.75 Å². The number of ether oxygens (including phenoxy) is 1. The van der Waals surface area contributed by atoms with Gasteiger partial charge in [0.05, 0.1) is 12.3 Å². The topological polar surface area (TPSA) is 47.3 Å². The highest BCUT2D eigenvalue weighted by atomic mass is 35.5. The molecule has 0 radical (unpaired) electrons. The van der Waals surface area contributed by atoms with Gasteiger partial charge in [-0.05, 0) is 41.8 Å². The molecule has 0 fully saturated rings. The summed E-state index contributed by atoms with van der Waals surface area (Å²) in [6.07, 6.45) is 0.959. The summed E-state index contributed by atoms with van der Waals surface area (Å²) in [6, 6.07) is 9.74. The van der Waals surface area contributed by atoms with Crippen molar-refractivity contribution in [3.05, 3.63) is 45.9 Å². The molecule has 1 heterocycles. The normalized spacial score (nSPS) is 16.1. The van der Waals surface area contributed by atoms with Crippen molar-refractivity contribution in [2.75, 3.05) is 25.0 Å². The van der Waals surface area contributed by atoms with Gasteiger partial charge in [0.15, 0.2) is 0 Å². The minimum absolute atomic E-state index is 0.292. The van der Waals surface area contributed by atoms with Crippen molar-refractivity contribution >= 4 is 28.9 Å². The Morgan fingerprint density at radius 2 is 2.09 bits per heavy atom. The van der Waals surface area contributed by atoms with Crippen LogP contribution < -0.4 is 15.8 Å². The summed E-state index contributed by atoms with van der Waals surface area (Å²) in [5, 5.41) is 4.68. The van der Waals surface area contributed by atoms with Crippen molar-refractivity contribution in [3.8, 4) is 16.9 Å². The maximum atomic E-state index is 6.38. The van der Waals surface area contributed by atoms with Gasteiger partial charge in [0.25, 0.3) is 0 Å². The molecule has 0 spiro atoms. The van der Waals surface area contributed by atoms with Gasteiger partial charge in [-0.1, -0.05) is 36.2 Å². The number of rotatable bonds is 5. The Hall–Kier alpha value is -1.42. The average Bonchev–Trinajstić information content (AvgIpc) is 2.95. The minimum atomic E-state index is 0.292. The van der Waals surface area contributed by atoms with Crippen molar-refractivity contribution in [1.82, 2.24) is 0 Å². The fourth-order valence-corrected chi connectivity index (χ4v) is 3.42. The molecule has 0 saturated carbocycles. The maximum absolute atomic E-state index is 6.38. The molecular weight excluding hydrogens is 331 g/mol. The number of hydrogen-bond donors (Lipinski definition) is 2. The van der Waals surface area contributed by atoms with E-state index < -0.39 is 0 Å². The third kappa shape index (κ3) is 3.27. The summed E-state index contributed by atoms with van der Waals surface area (Å²) in [4.78, 5) is 0. The lowest BCUT2D eigenvalue weighted by atomic mass is 9.95. The fraction of sp³-hybridized carbons (Fsp3) is 0.333. The summed E-state index contributed by atoms with van der Waals surface area (Å²) >= 11 is 12.4. The predicted octanol–water partition coefficient (Wildman–Crippen LogP) is 4.92. The molecule has 1 aliphatic heterocycles. The molecule has 23 heavy (non-hydrogen) atoms. The first kappa shape index (κ1) is 16.4. The Bertz CT molecular complexity index is 718. The van der Waals surface area contributed by atoms with E-state index >= 15 is 0 Å². The molecule has 2 aromatic carbocycles. The zero-order valence-electron chi connectivity index (χ0n) is 13.0. The lowest BCUT2D eigenvalue weighted by Crippen LogP contribution is -2.13. The molecule has 2 aromatic rings. The Kier molecular flexibility index (Phi) is 5.00. The van der Waals surface area contributed by atoms with Gasteiger partial charge in [-0.15, -0.1) is 0 Å². The zero-order chi connectivity index (χ0) is 16.4. The molecular formula is C18H20Cl2N2O. The van der Waals surface area contributed by atoms with E-state index in [0.717, 1.165) is 35.5 Å². The monoisotopic (exact) mass is 350 g/mol. The van der Waals surface area contributed by atoms with Crippen LogP contribution in [0, 0.1) is 0 Å². The third-order valence-electron chi connectivity index (χ3n) is 4.09. The van der Waals surface area contributed by atoms with Crippen molar-refractivity contribution < 1.29 is 4.74 Å². The van der Waals surface area contributed by atoms with Crippen LogP contribution in [0.1, 0.15) is 24.8 Å². The second-order valence-corrected chi connectivity index (χ2v) is 6.57. The minimum Gasteiger partial charge on any atom is -0.491 e. The summed E-state index contributed by atoms with van der Waals surface area (Å²) in [5.41, 5.74) is 10.1. The van der Waals surface area contributed by atoms with Crippen molar-refractivity contribution in [2.24, 2.45) is 5.73 Å². The Balaban J connectivity index is 2.10. The van der Waals surface area contributed by atoms with Gasteiger partial charge in [-0.2, -0.15) is 0 Å². The second-order valence-electron chi connectivity index (χ2n) is 5.72. The van der Waals surface area contributed by atoms with Crippen LogP contribution in [0.3, 0.4) is 0 Å². The molecule has 0 amide bonds. The first-order chi connectivity index (χ1) is 11.1. The number of halogens is 2. The van der Waals surface area contributed by atoms with Gasteiger partial charge < -0.3 is 15.8 Å². The van der Waals surface area contributed by atoms with Crippen LogP contribution in [0.4, 0.5) is 5.69 Å². The maximum Gasteiger partial charge on any atom is 0.143 e. The van der Waals surface area contributed by atoms with E-state index in [-0.39, 0.29) is 0 Å². The van der Waals surface area contributed by atoms with E-state index in [1.54, 1.807) is 6.07 Å². The van der Waals surface area contributed by atoms with E-state index in [2.05, 4.69) is 18.3 Å². The number of fused-ring (bicyclic) bond motifs is 1. The molecule has 122 valence electrons. The van der Waals surface area contributed by atoms with Gasteiger partial charge in [0, 0.05) is 34.6 Å². The quantitative estimate of drug-likeness (QED) is 0.804. The summed E-state index contributed by atoms with van der Waals surface area (Å²) in [5.74, 6) is 1.15. The molecule has 0 aliphatic carbocycles. The van der Waals surface area contributed by atoms with E-state index in [0.29, 0.717) is 29.1 Å². The number of hydrogen-bond acceptors (Lipinski definition) is 3. The molecule has 0 aromatic heterocycles. The predicted molar refractivity (Wildman–Crippen MR) is 98.0 cm³/mol. The molecule has 1 aliphatic rings. The molecule has 3 rings (SSSR count). The van der Waals surface area contributed by atoms with Crippen molar-refractivity contribution in [2.45, 2.75) is 19.3 Å². The summed E-state index contributed by atoms with van der Waals surface area (Å²) < 4.78 is 5.94. The molecule has 0 saturated heterocycles. The smallest absolute Gasteiger partial charge is 0.143 e. The van der Waals surface area contributed by atoms with Gasteiger partial charge in [-0.3, -0.25) is 0 Å². The fourth-order valence-electron chi connectivity index (χ4n) is 2.90. The van der Waals surface area contributed by atoms with Gasteiger partial charge in [0.1, 0.15) is 5.75 Å². The SMILES string of the molecule is CCCOc1cc(-c2ccc(Cl)cc2Cl)cc2c1NCC2CN. The molecule has 3 nitrogen and oxygen atoms in total. The van der Waals surface area contributed by atoms with Gasteiger partial charge in [0.2, 0.25) is 0 Å². The van der Waals surface area contributed by atoms with E-state index in [1.807, 2.05) is 18.2 Å². The van der Waals surface area contributed by atoms with Crippen LogP contribution >= 0.6 is 23.2 Å². The summed E-state index contributed by atoms with van der Waals surface area (Å²) in [6.45, 7) is 4.21. The average molecular weight is 351 g/mol. The van der Waals surface area contributed by atoms with E-state index in [1.165, 1.54) is 5.56 Å². The third-order valence-corrected chi connectivity index (χ3v) is 4.63. The van der Waals surface area contributed by atoms with Gasteiger partial charge in [-0.25, -0.2) is 0 Å². The Morgan fingerprint density at radius 1 is 1.26 bits per heavy atom. The molecule has 3 N–H and O–H groups in total. The van der Waals surface area contributed by atoms with E-state index in [4.69, 9.17) is 33.7 Å². The van der Waals surface area contributed by atoms with Crippen molar-refractivity contribution in [1.29, 1.82) is 0 Å². The van der Waals surface area contributed by atoms with Crippen LogP contribution in [-0.4, -0.2) is 19.7 Å². The van der Waals surface area contributed by atoms with E-state index in [9.17, 15) is 0 Å². The highest BCUT2D eigenvalue weighted by molar-refractivity contribution is 6.36. The second kappa shape index (κ2) is 7.00. The molecule has 5 heteroatoms. The number of nitrogens with two attached hydrogens (primary N) is 1. The number of nitrogens with one attached hydrogen (secondary N) is 1. The van der Waals surface area contributed by atoms with Crippen LogP contribution in [0.15, 0.2) is 30.3 Å². The van der Waals surface area contributed by atoms with Crippen LogP contribution in [-0.2, 0) is 0 Å². The highest BCUT2D eigenvalue weighted by Crippen LogP contribution is 2.43. The Labute approximate surface area is 146 Å². The number of benzene rings is 2. The standard InChI is InChI=1S/C18H20Cl2N2O/c1-2-5-23-17-7-11(14-4-3-13(19)8-16(14)20)6-15-12(9-21)10-22-18(15)17/h3-4,6-8,12,22H,2,5,9-10,21H2,1H3. The first-order valence-electron chi connectivity index (χ1n) is 7.84. The molecule has 1 unspecified atom stereocenters. The van der Waals surface area contributed by atoms with Gasteiger partial charge >= 0.3 is 0 Å². The first-order valence-corrected chi connectivity index (χ1v) is 8.59. The van der Waals surface area contributed by atoms with Crippen LogP contribution in [0.2, 0.25) is 10.0 Å². The highest BCUT2D eigenvalue weighted by Gasteiger charge is 2.25. The lowest BCUT2D eigenvalue weighted by Gasteiger charge is -2.15. The molecule has 1 atom stereocenters. The summed E-state index contributed by atoms with van der Waals surface area (Å²) in [7, 11) is 0. The molecule has 0 bridgehead atoms. The van der Waals surface area contributed by atoms with Crippen LogP contribution in [0.25, 0.3) is 11.1 Å². The Morgan fingerprint density at radius 3 is 2.78 bits per heavy atom. The van der Waals surface area contributed by atoms with Crippen molar-refractivity contribution in [3.63, 3.8) is 0 Å². The zero-order valence-corrected chi connectivity index (χ0v) is 14.5. The number of anilines is 1. The lowest BCUT2D eigenvalue weighted by molar-refractivity contribution is 0.319.